The van der Waals surface area contributed by atoms with Gasteiger partial charge < -0.3 is 14.4 Å². The molecule has 0 bridgehead atoms. The molecule has 1 saturated heterocycles. The van der Waals surface area contributed by atoms with Gasteiger partial charge in [0.15, 0.2) is 0 Å². The molecule has 3 rings (SSSR count). The zero-order valence-electron chi connectivity index (χ0n) is 9.96. The molecule has 1 unspecified atom stereocenters. The lowest BCUT2D eigenvalue weighted by molar-refractivity contribution is -0.0321. The second-order valence-electron chi connectivity index (χ2n) is 4.91. The Morgan fingerprint density at radius 3 is 3.12 bits per heavy atom. The Kier molecular flexibility index (Phi) is 3.13. The molecule has 1 saturated carbocycles. The van der Waals surface area contributed by atoms with Crippen LogP contribution in [-0.2, 0) is 11.3 Å². The van der Waals surface area contributed by atoms with Crippen molar-refractivity contribution in [3.05, 3.63) is 18.2 Å². The van der Waals surface area contributed by atoms with Crippen LogP contribution in [0.2, 0.25) is 0 Å². The van der Waals surface area contributed by atoms with Crippen molar-refractivity contribution < 1.29 is 9.84 Å². The summed E-state index contributed by atoms with van der Waals surface area (Å²) in [5, 5.41) is 9.34. The second kappa shape index (κ2) is 4.76. The zero-order chi connectivity index (χ0) is 11.7. The number of imidazole rings is 1. The number of hydrogen-bond acceptors (Lipinski definition) is 4. The second-order valence-corrected chi connectivity index (χ2v) is 4.91. The molecule has 0 radical (unpaired) electrons. The molecule has 1 aliphatic carbocycles. The smallest absolute Gasteiger partial charge is 0.0951 e. The van der Waals surface area contributed by atoms with E-state index in [1.54, 1.807) is 0 Å². The molecule has 1 aromatic heterocycles. The first-order valence-corrected chi connectivity index (χ1v) is 6.32. The number of nitrogens with zero attached hydrogens (tertiary/aromatic N) is 3. The quantitative estimate of drug-likeness (QED) is 0.824. The van der Waals surface area contributed by atoms with Crippen molar-refractivity contribution in [2.75, 3.05) is 26.4 Å². The molecule has 5 nitrogen and oxygen atoms in total. The third-order valence-corrected chi connectivity index (χ3v) is 3.61. The van der Waals surface area contributed by atoms with E-state index in [1.807, 2.05) is 12.5 Å². The van der Waals surface area contributed by atoms with Crippen LogP contribution in [0.1, 0.15) is 24.6 Å². The minimum atomic E-state index is 0.131. The summed E-state index contributed by atoms with van der Waals surface area (Å²) in [7, 11) is 0. The fraction of sp³-hybridized carbons (Fsp3) is 0.750. The average Bonchev–Trinajstić information content (AvgIpc) is 3.11. The molecule has 5 heteroatoms. The molecule has 17 heavy (non-hydrogen) atoms. The Morgan fingerprint density at radius 2 is 2.35 bits per heavy atom. The number of hydrogen-bond donors (Lipinski definition) is 1. The van der Waals surface area contributed by atoms with Crippen LogP contribution in [-0.4, -0.2) is 52.0 Å². The van der Waals surface area contributed by atoms with Gasteiger partial charge >= 0.3 is 0 Å². The zero-order valence-corrected chi connectivity index (χ0v) is 9.96. The van der Waals surface area contributed by atoms with Crippen LogP contribution in [0, 0.1) is 0 Å². The summed E-state index contributed by atoms with van der Waals surface area (Å²) in [5.41, 5.74) is 1.26. The van der Waals surface area contributed by atoms with Crippen molar-refractivity contribution in [3.63, 3.8) is 0 Å². The molecule has 2 fully saturated rings. The Hall–Kier alpha value is -0.910. The van der Waals surface area contributed by atoms with E-state index in [0.29, 0.717) is 12.6 Å². The summed E-state index contributed by atoms with van der Waals surface area (Å²) >= 11 is 0. The van der Waals surface area contributed by atoms with Crippen molar-refractivity contribution in [2.45, 2.75) is 31.5 Å². The van der Waals surface area contributed by atoms with E-state index in [1.165, 1.54) is 18.5 Å². The molecule has 1 N–H and O–H groups in total. The largest absolute Gasteiger partial charge is 0.395 e. The highest BCUT2D eigenvalue weighted by atomic mass is 16.5. The van der Waals surface area contributed by atoms with E-state index in [9.17, 15) is 5.11 Å². The maximum Gasteiger partial charge on any atom is 0.0951 e. The molecule has 94 valence electrons. The summed E-state index contributed by atoms with van der Waals surface area (Å²) in [6.45, 7) is 3.31. The van der Waals surface area contributed by atoms with E-state index < -0.39 is 0 Å². The third-order valence-electron chi connectivity index (χ3n) is 3.61. The third kappa shape index (κ3) is 2.36. The van der Waals surface area contributed by atoms with Gasteiger partial charge in [0.1, 0.15) is 0 Å². The maximum atomic E-state index is 9.34. The molecule has 2 aliphatic rings. The number of ether oxygens (including phenoxy) is 1. The molecule has 1 aromatic rings. The van der Waals surface area contributed by atoms with Crippen LogP contribution in [0.5, 0.6) is 0 Å². The lowest BCUT2D eigenvalue weighted by atomic mass is 10.2. The highest BCUT2D eigenvalue weighted by molar-refractivity contribution is 5.04. The van der Waals surface area contributed by atoms with Gasteiger partial charge in [0, 0.05) is 25.3 Å². The van der Waals surface area contributed by atoms with Crippen LogP contribution in [0.4, 0.5) is 0 Å². The summed E-state index contributed by atoms with van der Waals surface area (Å²) in [6, 6.07) is 0.799. The van der Waals surface area contributed by atoms with Crippen molar-refractivity contribution in [2.24, 2.45) is 0 Å². The van der Waals surface area contributed by atoms with E-state index in [2.05, 4.69) is 14.5 Å². The summed E-state index contributed by atoms with van der Waals surface area (Å²) < 4.78 is 7.67. The fourth-order valence-corrected chi connectivity index (χ4v) is 2.41. The van der Waals surface area contributed by atoms with Gasteiger partial charge in [0.25, 0.3) is 0 Å². The molecule has 0 aromatic carbocycles. The van der Waals surface area contributed by atoms with Crippen LogP contribution < -0.4 is 0 Å². The van der Waals surface area contributed by atoms with Crippen molar-refractivity contribution in [1.82, 2.24) is 14.5 Å². The number of aliphatic hydroxyl groups excluding tert-OH is 1. The van der Waals surface area contributed by atoms with Gasteiger partial charge in [-0.2, -0.15) is 0 Å². The van der Waals surface area contributed by atoms with Crippen molar-refractivity contribution >= 4 is 0 Å². The predicted molar refractivity (Wildman–Crippen MR) is 62.6 cm³/mol. The Bertz CT molecular complexity index is 376. The predicted octanol–water partition coefficient (Wildman–Crippen LogP) is 0.411. The number of rotatable bonds is 4. The topological polar surface area (TPSA) is 50.5 Å². The molecule has 2 heterocycles. The van der Waals surface area contributed by atoms with E-state index in [0.717, 1.165) is 19.7 Å². The van der Waals surface area contributed by atoms with E-state index in [4.69, 9.17) is 4.74 Å². The summed E-state index contributed by atoms with van der Waals surface area (Å²) in [4.78, 5) is 6.53. The van der Waals surface area contributed by atoms with Gasteiger partial charge in [0.2, 0.25) is 0 Å². The van der Waals surface area contributed by atoms with Crippen molar-refractivity contribution in [3.8, 4) is 0 Å². The maximum absolute atomic E-state index is 9.34. The highest BCUT2D eigenvalue weighted by Crippen LogP contribution is 2.35. The molecular weight excluding hydrogens is 218 g/mol. The van der Waals surface area contributed by atoms with Crippen molar-refractivity contribution in [1.29, 1.82) is 0 Å². The van der Waals surface area contributed by atoms with Crippen LogP contribution in [0.3, 0.4) is 0 Å². The number of morpholine rings is 1. The van der Waals surface area contributed by atoms with Gasteiger partial charge in [-0.15, -0.1) is 0 Å². The molecule has 1 aliphatic heterocycles. The standard InChI is InChI=1S/C12H19N3O2/c16-7-12-8-17-4-3-14(12)6-11-5-13-9-15(11)10-1-2-10/h5,9-10,12,16H,1-4,6-8H2. The minimum absolute atomic E-state index is 0.131. The van der Waals surface area contributed by atoms with Gasteiger partial charge in [0.05, 0.1) is 37.9 Å². The lowest BCUT2D eigenvalue weighted by Crippen LogP contribution is -2.47. The minimum Gasteiger partial charge on any atom is -0.395 e. The van der Waals surface area contributed by atoms with Gasteiger partial charge in [-0.25, -0.2) is 4.98 Å². The first-order chi connectivity index (χ1) is 8.38. The number of aromatic nitrogens is 2. The SMILES string of the molecule is OCC1COCCN1Cc1cncn1C1CC1. The summed E-state index contributed by atoms with van der Waals surface area (Å²) in [6.07, 6.45) is 6.43. The van der Waals surface area contributed by atoms with Crippen LogP contribution in [0.25, 0.3) is 0 Å². The first-order valence-electron chi connectivity index (χ1n) is 6.32. The van der Waals surface area contributed by atoms with Gasteiger partial charge in [-0.05, 0) is 12.8 Å². The van der Waals surface area contributed by atoms with E-state index >= 15 is 0 Å². The van der Waals surface area contributed by atoms with Gasteiger partial charge in [-0.3, -0.25) is 4.90 Å². The average molecular weight is 237 g/mol. The lowest BCUT2D eigenvalue weighted by Gasteiger charge is -2.34. The van der Waals surface area contributed by atoms with Crippen LogP contribution in [0.15, 0.2) is 12.5 Å². The monoisotopic (exact) mass is 237 g/mol. The summed E-state index contributed by atoms with van der Waals surface area (Å²) in [5.74, 6) is 0. The highest BCUT2D eigenvalue weighted by Gasteiger charge is 2.28. The Balaban J connectivity index is 1.69. The molecule has 0 amide bonds. The van der Waals surface area contributed by atoms with Crippen LogP contribution >= 0.6 is 0 Å². The normalized spacial score (nSPS) is 26.3. The molecular formula is C12H19N3O2. The molecule has 1 atom stereocenters. The Labute approximate surface area is 101 Å². The molecule has 0 spiro atoms. The van der Waals surface area contributed by atoms with Gasteiger partial charge in [-0.1, -0.05) is 0 Å². The van der Waals surface area contributed by atoms with E-state index in [-0.39, 0.29) is 12.6 Å². The fourth-order valence-electron chi connectivity index (χ4n) is 2.41. The number of aliphatic hydroxyl groups is 1. The Morgan fingerprint density at radius 1 is 1.47 bits per heavy atom. The first kappa shape index (κ1) is 11.2.